The molecular formula is C24H26ClN7O2. The molecule has 4 N–H and O–H groups in total. The van der Waals surface area contributed by atoms with E-state index in [2.05, 4.69) is 32.8 Å². The molecule has 2 aromatic carbocycles. The van der Waals surface area contributed by atoms with Crippen LogP contribution < -0.4 is 16.4 Å². The number of nitrogens with zero attached hydrogens (tertiary/aromatic N) is 4. The van der Waals surface area contributed by atoms with Gasteiger partial charge in [0.25, 0.3) is 5.89 Å². The van der Waals surface area contributed by atoms with Gasteiger partial charge in [0, 0.05) is 22.3 Å². The molecular weight excluding hydrogens is 454 g/mol. The average Bonchev–Trinajstić information content (AvgIpc) is 3.38. The first-order valence-corrected chi connectivity index (χ1v) is 11.3. The minimum Gasteiger partial charge on any atom is -0.383 e. The molecule has 0 unspecified atom stereocenters. The van der Waals surface area contributed by atoms with Crippen LogP contribution >= 0.6 is 11.6 Å². The molecule has 0 saturated carbocycles. The van der Waals surface area contributed by atoms with Gasteiger partial charge in [-0.2, -0.15) is 10.1 Å². The Kier molecular flexibility index (Phi) is 6.83. The number of carbonyl (C=O) groups is 1. The molecule has 2 aromatic heterocycles. The van der Waals surface area contributed by atoms with E-state index in [0.29, 0.717) is 22.2 Å². The third kappa shape index (κ3) is 5.20. The zero-order valence-electron chi connectivity index (χ0n) is 19.2. The highest BCUT2D eigenvalue weighted by atomic mass is 35.5. The highest BCUT2D eigenvalue weighted by molar-refractivity contribution is 6.30. The Morgan fingerprint density at radius 2 is 1.97 bits per heavy atom. The number of halogens is 1. The maximum Gasteiger partial charge on any atom is 0.265 e. The van der Waals surface area contributed by atoms with Crippen LogP contribution in [0, 0.1) is 0 Å². The van der Waals surface area contributed by atoms with Crippen LogP contribution in [0.15, 0.2) is 53.1 Å². The van der Waals surface area contributed by atoms with E-state index in [1.54, 1.807) is 24.3 Å². The van der Waals surface area contributed by atoms with E-state index in [4.69, 9.17) is 21.9 Å². The second kappa shape index (κ2) is 9.96. The third-order valence-electron chi connectivity index (χ3n) is 5.07. The number of aromatic nitrogens is 4. The van der Waals surface area contributed by atoms with Crippen LogP contribution in [0.5, 0.6) is 0 Å². The molecule has 0 spiro atoms. The molecule has 9 nitrogen and oxygen atoms in total. The van der Waals surface area contributed by atoms with Crippen LogP contribution in [0.25, 0.3) is 22.8 Å². The summed E-state index contributed by atoms with van der Waals surface area (Å²) in [4.78, 5) is 17.2. The summed E-state index contributed by atoms with van der Waals surface area (Å²) in [6, 6.07) is 14.9. The molecule has 4 aromatic rings. The maximum atomic E-state index is 12.7. The Morgan fingerprint density at radius 1 is 1.21 bits per heavy atom. The SMILES string of the molecule is CCc1cccc(NC(=O)Cn2nc(NC(C)C)c(-c3nc(-c4ccc(Cl)cc4)no3)c2N)c1. The fourth-order valence-electron chi connectivity index (χ4n) is 3.43. The first-order valence-electron chi connectivity index (χ1n) is 11.0. The van der Waals surface area contributed by atoms with E-state index in [1.807, 2.05) is 38.1 Å². The second-order valence-corrected chi connectivity index (χ2v) is 8.53. The lowest BCUT2D eigenvalue weighted by molar-refractivity contribution is -0.116. The van der Waals surface area contributed by atoms with E-state index in [0.717, 1.165) is 23.2 Å². The largest absolute Gasteiger partial charge is 0.383 e. The molecule has 2 heterocycles. The number of amides is 1. The lowest BCUT2D eigenvalue weighted by Gasteiger charge is -2.08. The number of carbonyl (C=O) groups excluding carboxylic acids is 1. The first kappa shape index (κ1) is 23.3. The Balaban J connectivity index is 1.61. The molecule has 0 radical (unpaired) electrons. The number of hydrogen-bond acceptors (Lipinski definition) is 7. The fourth-order valence-corrected chi connectivity index (χ4v) is 3.55. The molecule has 0 fully saturated rings. The molecule has 0 saturated heterocycles. The van der Waals surface area contributed by atoms with Gasteiger partial charge < -0.3 is 20.9 Å². The minimum atomic E-state index is -0.252. The van der Waals surface area contributed by atoms with Gasteiger partial charge in [0.1, 0.15) is 17.9 Å². The van der Waals surface area contributed by atoms with E-state index in [1.165, 1.54) is 4.68 Å². The third-order valence-corrected chi connectivity index (χ3v) is 5.32. The molecule has 176 valence electrons. The number of nitrogen functional groups attached to an aromatic ring is 1. The summed E-state index contributed by atoms with van der Waals surface area (Å²) in [6.07, 6.45) is 0.881. The van der Waals surface area contributed by atoms with Gasteiger partial charge in [0.2, 0.25) is 11.7 Å². The number of nitrogens with one attached hydrogen (secondary N) is 2. The lowest BCUT2D eigenvalue weighted by Crippen LogP contribution is -2.21. The Labute approximate surface area is 202 Å². The van der Waals surface area contributed by atoms with Gasteiger partial charge >= 0.3 is 0 Å². The van der Waals surface area contributed by atoms with Gasteiger partial charge in [0.15, 0.2) is 5.82 Å². The van der Waals surface area contributed by atoms with Gasteiger partial charge in [-0.1, -0.05) is 35.8 Å². The van der Waals surface area contributed by atoms with Crippen molar-refractivity contribution in [2.24, 2.45) is 0 Å². The zero-order valence-corrected chi connectivity index (χ0v) is 19.9. The molecule has 4 rings (SSSR count). The van der Waals surface area contributed by atoms with Gasteiger partial charge in [-0.15, -0.1) is 0 Å². The molecule has 10 heteroatoms. The summed E-state index contributed by atoms with van der Waals surface area (Å²) in [7, 11) is 0. The van der Waals surface area contributed by atoms with Crippen LogP contribution in [0.2, 0.25) is 5.02 Å². The zero-order chi connectivity index (χ0) is 24.2. The van der Waals surface area contributed by atoms with Crippen molar-refractivity contribution in [1.82, 2.24) is 19.9 Å². The monoisotopic (exact) mass is 479 g/mol. The van der Waals surface area contributed by atoms with E-state index < -0.39 is 0 Å². The van der Waals surface area contributed by atoms with Crippen LogP contribution in [0.4, 0.5) is 17.3 Å². The summed E-state index contributed by atoms with van der Waals surface area (Å²) in [5.74, 6) is 1.04. The lowest BCUT2D eigenvalue weighted by atomic mass is 10.1. The van der Waals surface area contributed by atoms with E-state index in [9.17, 15) is 4.79 Å². The van der Waals surface area contributed by atoms with Crippen molar-refractivity contribution in [3.8, 4) is 22.8 Å². The highest BCUT2D eigenvalue weighted by Crippen LogP contribution is 2.34. The fraction of sp³-hybridized carbons (Fsp3) is 0.250. The summed E-state index contributed by atoms with van der Waals surface area (Å²) in [5.41, 5.74) is 9.45. The number of nitrogens with two attached hydrogens (primary N) is 1. The van der Waals surface area contributed by atoms with Crippen molar-refractivity contribution >= 4 is 34.8 Å². The molecule has 0 atom stereocenters. The second-order valence-electron chi connectivity index (χ2n) is 8.10. The first-order chi connectivity index (χ1) is 16.3. The van der Waals surface area contributed by atoms with Crippen molar-refractivity contribution in [3.05, 3.63) is 59.1 Å². The quantitative estimate of drug-likeness (QED) is 0.329. The number of rotatable bonds is 8. The Morgan fingerprint density at radius 3 is 2.68 bits per heavy atom. The van der Waals surface area contributed by atoms with Crippen LogP contribution in [-0.2, 0) is 17.8 Å². The van der Waals surface area contributed by atoms with Crippen molar-refractivity contribution in [2.75, 3.05) is 16.4 Å². The van der Waals surface area contributed by atoms with Crippen LogP contribution in [-0.4, -0.2) is 31.9 Å². The van der Waals surface area contributed by atoms with Gasteiger partial charge in [-0.3, -0.25) is 4.79 Å². The van der Waals surface area contributed by atoms with Crippen molar-refractivity contribution in [3.63, 3.8) is 0 Å². The maximum absolute atomic E-state index is 12.7. The highest BCUT2D eigenvalue weighted by Gasteiger charge is 2.24. The molecule has 0 bridgehead atoms. The smallest absolute Gasteiger partial charge is 0.265 e. The molecule has 0 aliphatic rings. The summed E-state index contributed by atoms with van der Waals surface area (Å²) in [5, 5.41) is 15.3. The van der Waals surface area contributed by atoms with Crippen LogP contribution in [0.1, 0.15) is 26.3 Å². The van der Waals surface area contributed by atoms with E-state index >= 15 is 0 Å². The molecule has 0 aliphatic carbocycles. The molecule has 1 amide bonds. The van der Waals surface area contributed by atoms with Gasteiger partial charge in [-0.05, 0) is 62.2 Å². The van der Waals surface area contributed by atoms with Crippen LogP contribution in [0.3, 0.4) is 0 Å². The van der Waals surface area contributed by atoms with E-state index in [-0.39, 0.29) is 30.2 Å². The van der Waals surface area contributed by atoms with Gasteiger partial charge in [0.05, 0.1) is 0 Å². The molecule has 34 heavy (non-hydrogen) atoms. The summed E-state index contributed by atoms with van der Waals surface area (Å²) in [6.45, 7) is 5.93. The number of hydrogen-bond donors (Lipinski definition) is 3. The normalized spacial score (nSPS) is 11.1. The predicted molar refractivity (Wildman–Crippen MR) is 134 cm³/mol. The topological polar surface area (TPSA) is 124 Å². The minimum absolute atomic E-state index is 0.0609. The Bertz CT molecular complexity index is 1300. The standard InChI is InChI=1S/C24H26ClN7O2/c1-4-15-6-5-7-18(12-15)28-19(33)13-32-21(26)20(23(30-32)27-14(2)3)24-29-22(31-34-24)16-8-10-17(25)11-9-16/h5-12,14H,4,13,26H2,1-3H3,(H,27,30)(H,28,33). The predicted octanol–water partition coefficient (Wildman–Crippen LogP) is 4.86. The summed E-state index contributed by atoms with van der Waals surface area (Å²) >= 11 is 5.97. The molecule has 0 aliphatic heterocycles. The number of aryl methyl sites for hydroxylation is 1. The summed E-state index contributed by atoms with van der Waals surface area (Å²) < 4.78 is 6.93. The van der Waals surface area contributed by atoms with Gasteiger partial charge in [-0.25, -0.2) is 4.68 Å². The van der Waals surface area contributed by atoms with Crippen molar-refractivity contribution < 1.29 is 9.32 Å². The average molecular weight is 480 g/mol. The van der Waals surface area contributed by atoms with Crippen molar-refractivity contribution in [1.29, 1.82) is 0 Å². The Hall–Kier alpha value is -3.85. The number of benzene rings is 2. The van der Waals surface area contributed by atoms with Crippen molar-refractivity contribution in [2.45, 2.75) is 39.8 Å². The number of anilines is 3.